The van der Waals surface area contributed by atoms with E-state index >= 15 is 0 Å². The van der Waals surface area contributed by atoms with Crippen LogP contribution in [0.25, 0.3) is 0 Å². The van der Waals surface area contributed by atoms with Gasteiger partial charge in [0.05, 0.1) is 14.2 Å². The molecule has 0 fully saturated rings. The predicted molar refractivity (Wildman–Crippen MR) is 117 cm³/mol. The van der Waals surface area contributed by atoms with Gasteiger partial charge in [0.2, 0.25) is 0 Å². The summed E-state index contributed by atoms with van der Waals surface area (Å²) >= 11 is 1.62. The van der Waals surface area contributed by atoms with Crippen LogP contribution >= 0.6 is 11.3 Å². The van der Waals surface area contributed by atoms with Gasteiger partial charge in [0.25, 0.3) is 0 Å². The van der Waals surface area contributed by atoms with Crippen molar-refractivity contribution in [1.82, 2.24) is 0 Å². The number of nitrogens with zero attached hydrogens (tertiary/aromatic N) is 1. The molecular formula is C24H25NO4S. The lowest BCUT2D eigenvalue weighted by molar-refractivity contribution is -0.143. The minimum atomic E-state index is -0.566. The number of thiophene rings is 1. The number of ketones is 1. The first-order valence-electron chi connectivity index (χ1n) is 10.0. The second-order valence-electron chi connectivity index (χ2n) is 7.85. The summed E-state index contributed by atoms with van der Waals surface area (Å²) in [5, 5.41) is 0. The Balaban J connectivity index is 1.78. The number of esters is 1. The van der Waals surface area contributed by atoms with Crippen LogP contribution in [0.5, 0.6) is 5.75 Å². The fourth-order valence-electron chi connectivity index (χ4n) is 4.55. The van der Waals surface area contributed by atoms with Crippen LogP contribution in [0, 0.1) is 12.8 Å². The summed E-state index contributed by atoms with van der Waals surface area (Å²) in [6.45, 7) is 3.89. The van der Waals surface area contributed by atoms with E-state index in [1.54, 1.807) is 18.4 Å². The molecule has 0 saturated carbocycles. The molecule has 0 spiro atoms. The fraction of sp³-hybridized carbons (Fsp3) is 0.375. The average molecular weight is 424 g/mol. The number of methoxy groups -OCH3 is 2. The van der Waals surface area contributed by atoms with Gasteiger partial charge in [-0.25, -0.2) is 0 Å². The molecule has 1 aliphatic carbocycles. The van der Waals surface area contributed by atoms with Crippen molar-refractivity contribution in [1.29, 1.82) is 0 Å². The molecule has 30 heavy (non-hydrogen) atoms. The number of ether oxygens (including phenoxy) is 2. The molecule has 0 radical (unpaired) electrons. The summed E-state index contributed by atoms with van der Waals surface area (Å²) in [5.74, 6) is -0.359. The standard InChI is InChI=1S/C24H25NO4S/c1-13-8-9-20(30-13)23-21(24(27)29-4)14(2)25-18-11-16(12-19(26)22(18)23)15-6-5-7-17(10-15)28-3/h5-10,16,21,23H,11-12H2,1-4H3. The molecule has 5 nitrogen and oxygen atoms in total. The van der Waals surface area contributed by atoms with E-state index in [1.165, 1.54) is 7.11 Å². The maximum absolute atomic E-state index is 13.4. The predicted octanol–water partition coefficient (Wildman–Crippen LogP) is 4.81. The zero-order valence-corrected chi connectivity index (χ0v) is 18.4. The normalized spacial score (nSPS) is 23.7. The van der Waals surface area contributed by atoms with Crippen LogP contribution in [-0.4, -0.2) is 31.7 Å². The quantitative estimate of drug-likeness (QED) is 0.662. The first-order chi connectivity index (χ1) is 14.4. The number of carbonyl (C=O) groups is 2. The van der Waals surface area contributed by atoms with Crippen molar-refractivity contribution in [2.75, 3.05) is 14.2 Å². The Morgan fingerprint density at radius 1 is 1.13 bits per heavy atom. The second kappa shape index (κ2) is 8.19. The summed E-state index contributed by atoms with van der Waals surface area (Å²) in [5.41, 5.74) is 3.25. The van der Waals surface area contributed by atoms with Crippen LogP contribution in [0.1, 0.15) is 46.9 Å². The molecule has 1 aromatic carbocycles. The number of aliphatic imine (C=N–C) groups is 1. The number of allylic oxidation sites excluding steroid dienone is 2. The van der Waals surface area contributed by atoms with E-state index in [9.17, 15) is 9.59 Å². The van der Waals surface area contributed by atoms with Crippen molar-refractivity contribution in [2.45, 2.75) is 38.5 Å². The molecule has 0 N–H and O–H groups in total. The van der Waals surface area contributed by atoms with E-state index in [0.717, 1.165) is 26.8 Å². The molecule has 1 aliphatic heterocycles. The van der Waals surface area contributed by atoms with Crippen LogP contribution in [0.4, 0.5) is 0 Å². The van der Waals surface area contributed by atoms with Gasteiger partial charge in [-0.15, -0.1) is 11.3 Å². The first kappa shape index (κ1) is 20.5. The van der Waals surface area contributed by atoms with Crippen molar-refractivity contribution in [3.05, 3.63) is 63.0 Å². The van der Waals surface area contributed by atoms with Gasteiger partial charge in [-0.3, -0.25) is 14.6 Å². The van der Waals surface area contributed by atoms with E-state index < -0.39 is 5.92 Å². The summed E-state index contributed by atoms with van der Waals surface area (Å²) in [6, 6.07) is 11.9. The van der Waals surface area contributed by atoms with Gasteiger partial charge < -0.3 is 9.47 Å². The monoisotopic (exact) mass is 423 g/mol. The van der Waals surface area contributed by atoms with Crippen molar-refractivity contribution in [3.63, 3.8) is 0 Å². The van der Waals surface area contributed by atoms with Gasteiger partial charge in [-0.05, 0) is 56.0 Å². The average Bonchev–Trinajstić information content (AvgIpc) is 3.18. The van der Waals surface area contributed by atoms with Gasteiger partial charge >= 0.3 is 5.97 Å². The van der Waals surface area contributed by atoms with Crippen molar-refractivity contribution in [2.24, 2.45) is 10.9 Å². The highest BCUT2D eigenvalue weighted by atomic mass is 32.1. The van der Waals surface area contributed by atoms with Gasteiger partial charge in [0, 0.05) is 39.1 Å². The van der Waals surface area contributed by atoms with Crippen molar-refractivity contribution >= 4 is 28.8 Å². The molecule has 0 saturated heterocycles. The minimum Gasteiger partial charge on any atom is -0.497 e. The van der Waals surface area contributed by atoms with Crippen LogP contribution in [0.2, 0.25) is 0 Å². The Morgan fingerprint density at radius 2 is 1.93 bits per heavy atom. The highest BCUT2D eigenvalue weighted by Gasteiger charge is 2.45. The Kier molecular flexibility index (Phi) is 5.60. The van der Waals surface area contributed by atoms with E-state index in [1.807, 2.05) is 50.2 Å². The fourth-order valence-corrected chi connectivity index (χ4v) is 5.58. The zero-order chi connectivity index (χ0) is 21.4. The first-order valence-corrected chi connectivity index (χ1v) is 10.8. The smallest absolute Gasteiger partial charge is 0.315 e. The zero-order valence-electron chi connectivity index (χ0n) is 17.6. The highest BCUT2D eigenvalue weighted by Crippen LogP contribution is 2.48. The molecule has 6 heteroatoms. The maximum atomic E-state index is 13.4. The SMILES string of the molecule is COC(=O)C1C(C)=NC2=C(C(=O)CC(c3cccc(OC)c3)C2)C1c1ccc(C)s1. The third-order valence-corrected chi connectivity index (χ3v) is 7.06. The van der Waals surface area contributed by atoms with Crippen LogP contribution < -0.4 is 4.74 Å². The largest absolute Gasteiger partial charge is 0.497 e. The molecule has 2 heterocycles. The van der Waals surface area contributed by atoms with E-state index in [0.29, 0.717) is 24.1 Å². The summed E-state index contributed by atoms with van der Waals surface area (Å²) in [6.07, 6.45) is 1.07. The van der Waals surface area contributed by atoms with Crippen molar-refractivity contribution in [3.8, 4) is 5.75 Å². The molecule has 3 unspecified atom stereocenters. The molecule has 1 aromatic heterocycles. The van der Waals surface area contributed by atoms with Gasteiger partial charge in [0.1, 0.15) is 11.7 Å². The highest BCUT2D eigenvalue weighted by molar-refractivity contribution is 7.12. The summed E-state index contributed by atoms with van der Waals surface area (Å²) < 4.78 is 10.4. The minimum absolute atomic E-state index is 0.0447. The molecule has 156 valence electrons. The molecule has 2 aromatic rings. The molecule has 0 bridgehead atoms. The van der Waals surface area contributed by atoms with Gasteiger partial charge in [-0.2, -0.15) is 0 Å². The number of hydrogen-bond acceptors (Lipinski definition) is 6. The van der Waals surface area contributed by atoms with Crippen LogP contribution in [-0.2, 0) is 14.3 Å². The van der Waals surface area contributed by atoms with Gasteiger partial charge in [-0.1, -0.05) is 12.1 Å². The second-order valence-corrected chi connectivity index (χ2v) is 9.16. The molecule has 2 aliphatic rings. The number of carbonyl (C=O) groups excluding carboxylic acids is 2. The van der Waals surface area contributed by atoms with Gasteiger partial charge in [0.15, 0.2) is 5.78 Å². The lowest BCUT2D eigenvalue weighted by atomic mass is 9.71. The van der Waals surface area contributed by atoms with Crippen LogP contribution in [0.3, 0.4) is 0 Å². The van der Waals surface area contributed by atoms with E-state index in [4.69, 9.17) is 14.5 Å². The molecular weight excluding hydrogens is 398 g/mol. The number of rotatable bonds is 4. The molecule has 4 rings (SSSR count). The number of benzene rings is 1. The van der Waals surface area contributed by atoms with E-state index in [2.05, 4.69) is 0 Å². The number of aryl methyl sites for hydroxylation is 1. The lowest BCUT2D eigenvalue weighted by Gasteiger charge is -2.35. The van der Waals surface area contributed by atoms with Crippen molar-refractivity contribution < 1.29 is 19.1 Å². The maximum Gasteiger partial charge on any atom is 0.315 e. The number of Topliss-reactive ketones (excluding diaryl/α,β-unsaturated/α-hetero) is 1. The Hall–Kier alpha value is -2.73. The third kappa shape index (κ3) is 3.60. The topological polar surface area (TPSA) is 65.0 Å². The van der Waals surface area contributed by atoms with Crippen LogP contribution in [0.15, 0.2) is 52.7 Å². The Morgan fingerprint density at radius 3 is 2.60 bits per heavy atom. The molecule has 3 atom stereocenters. The lowest BCUT2D eigenvalue weighted by Crippen LogP contribution is -2.37. The molecule has 0 amide bonds. The third-order valence-electron chi connectivity index (χ3n) is 5.98. The summed E-state index contributed by atoms with van der Waals surface area (Å²) in [7, 11) is 3.03. The number of hydrogen-bond donors (Lipinski definition) is 0. The summed E-state index contributed by atoms with van der Waals surface area (Å²) in [4.78, 5) is 33.0. The Labute approximate surface area is 180 Å². The Bertz CT molecular complexity index is 1060. The van der Waals surface area contributed by atoms with E-state index in [-0.39, 0.29) is 23.6 Å².